The number of carbonyl (C=O) groups excluding carboxylic acids is 1. The number of nitrogens with one attached hydrogen (secondary N) is 1. The van der Waals surface area contributed by atoms with Crippen LogP contribution in [0.15, 0.2) is 47.8 Å². The van der Waals surface area contributed by atoms with E-state index in [2.05, 4.69) is 20.5 Å². The second kappa shape index (κ2) is 9.07. The van der Waals surface area contributed by atoms with Crippen molar-refractivity contribution in [3.8, 4) is 5.75 Å². The van der Waals surface area contributed by atoms with E-state index >= 15 is 0 Å². The summed E-state index contributed by atoms with van der Waals surface area (Å²) in [6.07, 6.45) is 1.20. The maximum atomic E-state index is 12.1. The van der Waals surface area contributed by atoms with Crippen LogP contribution in [-0.4, -0.2) is 31.4 Å². The highest BCUT2D eigenvalue weighted by Gasteiger charge is 2.18. The molecular formula is C19H20ClN5O2S. The Hall–Kier alpha value is -2.58. The van der Waals surface area contributed by atoms with Crippen LogP contribution in [0.2, 0.25) is 5.02 Å². The second-order valence-electron chi connectivity index (χ2n) is 6.12. The largest absolute Gasteiger partial charge is 0.482 e. The molecule has 2 heterocycles. The fraction of sp³-hybridized carbons (Fsp3) is 0.263. The van der Waals surface area contributed by atoms with E-state index in [1.165, 1.54) is 18.0 Å². The minimum atomic E-state index is -0.278. The van der Waals surface area contributed by atoms with Gasteiger partial charge in [-0.2, -0.15) is 0 Å². The van der Waals surface area contributed by atoms with E-state index < -0.39 is 0 Å². The number of amides is 1. The molecule has 7 nitrogen and oxygen atoms in total. The zero-order valence-electron chi connectivity index (χ0n) is 15.7. The first-order valence-corrected chi connectivity index (χ1v) is 9.96. The Balaban J connectivity index is 1.58. The molecular weight excluding hydrogens is 398 g/mol. The van der Waals surface area contributed by atoms with Crippen molar-refractivity contribution in [3.63, 3.8) is 0 Å². The number of hydrogen-bond donors (Lipinski definition) is 1. The van der Waals surface area contributed by atoms with Crippen molar-refractivity contribution in [2.24, 2.45) is 7.05 Å². The number of thioether (sulfide) groups is 1. The summed E-state index contributed by atoms with van der Waals surface area (Å²) in [7, 11) is 1.86. The molecule has 2 aromatic heterocycles. The zero-order valence-corrected chi connectivity index (χ0v) is 17.3. The normalized spacial score (nSPS) is 11.9. The number of para-hydroxylation sites is 1. The summed E-state index contributed by atoms with van der Waals surface area (Å²) in [5, 5.41) is 12.3. The van der Waals surface area contributed by atoms with Crippen molar-refractivity contribution in [2.75, 3.05) is 11.1 Å². The highest BCUT2D eigenvalue weighted by atomic mass is 35.5. The van der Waals surface area contributed by atoms with Crippen molar-refractivity contribution in [3.05, 3.63) is 59.0 Å². The molecule has 1 amide bonds. The molecule has 1 unspecified atom stereocenters. The number of nitrogens with zero attached hydrogens (tertiary/aromatic N) is 4. The van der Waals surface area contributed by atoms with Crippen LogP contribution < -0.4 is 10.1 Å². The minimum absolute atomic E-state index is 0.184. The number of pyridine rings is 1. The van der Waals surface area contributed by atoms with E-state index in [-0.39, 0.29) is 17.8 Å². The Labute approximate surface area is 172 Å². The number of benzene rings is 1. The monoisotopic (exact) mass is 417 g/mol. The van der Waals surface area contributed by atoms with E-state index in [0.717, 1.165) is 11.3 Å². The number of rotatable bonds is 7. The number of aromatic nitrogens is 4. The molecule has 28 heavy (non-hydrogen) atoms. The molecule has 0 fully saturated rings. The van der Waals surface area contributed by atoms with Gasteiger partial charge in [-0.3, -0.25) is 4.79 Å². The van der Waals surface area contributed by atoms with E-state index in [9.17, 15) is 4.79 Å². The Bertz CT molecular complexity index is 961. The molecule has 1 N–H and O–H groups in total. The Morgan fingerprint density at radius 2 is 2.07 bits per heavy atom. The van der Waals surface area contributed by atoms with Crippen LogP contribution in [0.3, 0.4) is 0 Å². The smallest absolute Gasteiger partial charge is 0.236 e. The third kappa shape index (κ3) is 5.02. The van der Waals surface area contributed by atoms with Gasteiger partial charge in [0.25, 0.3) is 0 Å². The van der Waals surface area contributed by atoms with Gasteiger partial charge in [0.2, 0.25) is 5.91 Å². The zero-order chi connectivity index (χ0) is 20.1. The van der Waals surface area contributed by atoms with Crippen LogP contribution >= 0.6 is 23.4 Å². The lowest BCUT2D eigenvalue weighted by Gasteiger charge is -2.15. The number of ether oxygens (including phenoxy) is 1. The summed E-state index contributed by atoms with van der Waals surface area (Å²) >= 11 is 7.08. The fourth-order valence-corrected chi connectivity index (χ4v) is 3.33. The topological polar surface area (TPSA) is 81.9 Å². The maximum Gasteiger partial charge on any atom is 0.236 e. The van der Waals surface area contributed by atoms with Crippen LogP contribution in [-0.2, 0) is 11.8 Å². The first-order chi connectivity index (χ1) is 13.4. The molecule has 0 saturated heterocycles. The molecule has 3 aromatic rings. The maximum absolute atomic E-state index is 12.1. The van der Waals surface area contributed by atoms with Crippen LogP contribution in [0.4, 0.5) is 5.82 Å². The van der Waals surface area contributed by atoms with Crippen molar-refractivity contribution in [1.82, 2.24) is 19.7 Å². The number of halogens is 1. The first kappa shape index (κ1) is 20.2. The Morgan fingerprint density at radius 3 is 2.79 bits per heavy atom. The predicted molar refractivity (Wildman–Crippen MR) is 110 cm³/mol. The van der Waals surface area contributed by atoms with Gasteiger partial charge >= 0.3 is 0 Å². The third-order valence-corrected chi connectivity index (χ3v) is 5.20. The van der Waals surface area contributed by atoms with Crippen molar-refractivity contribution < 1.29 is 9.53 Å². The Morgan fingerprint density at radius 1 is 1.29 bits per heavy atom. The average Bonchev–Trinajstić information content (AvgIpc) is 3.04. The van der Waals surface area contributed by atoms with Crippen molar-refractivity contribution >= 4 is 35.1 Å². The lowest BCUT2D eigenvalue weighted by Crippen LogP contribution is -2.15. The molecule has 0 aliphatic rings. The first-order valence-electron chi connectivity index (χ1n) is 8.60. The lowest BCUT2D eigenvalue weighted by atomic mass is 10.2. The summed E-state index contributed by atoms with van der Waals surface area (Å²) < 4.78 is 7.84. The van der Waals surface area contributed by atoms with Gasteiger partial charge in [-0.15, -0.1) is 10.2 Å². The number of aryl methyl sites for hydroxylation is 1. The highest BCUT2D eigenvalue weighted by molar-refractivity contribution is 7.99. The molecule has 1 atom stereocenters. The molecule has 1 aromatic carbocycles. The van der Waals surface area contributed by atoms with Crippen LogP contribution in [0, 0.1) is 6.92 Å². The van der Waals surface area contributed by atoms with Crippen LogP contribution in [0.1, 0.15) is 24.4 Å². The summed E-state index contributed by atoms with van der Waals surface area (Å²) in [6, 6.07) is 11.1. The number of carbonyl (C=O) groups is 1. The number of anilines is 1. The van der Waals surface area contributed by atoms with Gasteiger partial charge in [0.15, 0.2) is 17.1 Å². The Kier molecular flexibility index (Phi) is 6.53. The summed E-state index contributed by atoms with van der Waals surface area (Å²) in [4.78, 5) is 16.2. The molecule has 0 bridgehead atoms. The summed E-state index contributed by atoms with van der Waals surface area (Å²) in [6.45, 7) is 3.91. The predicted octanol–water partition coefficient (Wildman–Crippen LogP) is 4.04. The van der Waals surface area contributed by atoms with E-state index in [4.69, 9.17) is 16.3 Å². The van der Waals surface area contributed by atoms with Gasteiger partial charge in [0, 0.05) is 13.2 Å². The highest BCUT2D eigenvalue weighted by Crippen LogP contribution is 2.25. The van der Waals surface area contributed by atoms with Gasteiger partial charge in [-0.25, -0.2) is 4.98 Å². The van der Waals surface area contributed by atoms with Crippen LogP contribution in [0.25, 0.3) is 0 Å². The lowest BCUT2D eigenvalue weighted by molar-refractivity contribution is -0.113. The molecule has 0 radical (unpaired) electrons. The van der Waals surface area contributed by atoms with Crippen LogP contribution in [0.5, 0.6) is 5.75 Å². The SMILES string of the molecule is Cc1ccccc1OC(C)c1nnc(SCC(=O)Nc2ccc(Cl)cn2)n1C. The molecule has 0 saturated carbocycles. The van der Waals surface area contributed by atoms with Gasteiger partial charge < -0.3 is 14.6 Å². The summed E-state index contributed by atoms with van der Waals surface area (Å²) in [5.41, 5.74) is 1.05. The van der Waals surface area contributed by atoms with Crippen molar-refractivity contribution in [1.29, 1.82) is 0 Å². The van der Waals surface area contributed by atoms with E-state index in [0.29, 0.717) is 21.8 Å². The minimum Gasteiger partial charge on any atom is -0.482 e. The average molecular weight is 418 g/mol. The fourth-order valence-electron chi connectivity index (χ4n) is 2.50. The quantitative estimate of drug-likeness (QED) is 0.584. The van der Waals surface area contributed by atoms with Gasteiger partial charge in [0.1, 0.15) is 11.6 Å². The molecule has 0 aliphatic heterocycles. The summed E-state index contributed by atoms with van der Waals surface area (Å²) in [5.74, 6) is 1.94. The standard InChI is InChI=1S/C19H20ClN5O2S/c1-12-6-4-5-7-15(12)27-13(2)18-23-24-19(25(18)3)28-11-17(26)22-16-9-8-14(20)10-21-16/h4-10,13H,11H2,1-3H3,(H,21,22,26). The van der Waals surface area contributed by atoms with Gasteiger partial charge in [0.05, 0.1) is 10.8 Å². The van der Waals surface area contributed by atoms with Gasteiger partial charge in [-0.1, -0.05) is 41.6 Å². The molecule has 3 rings (SSSR count). The van der Waals surface area contributed by atoms with Crippen molar-refractivity contribution in [2.45, 2.75) is 25.1 Å². The van der Waals surface area contributed by atoms with Gasteiger partial charge in [-0.05, 0) is 37.6 Å². The second-order valence-corrected chi connectivity index (χ2v) is 7.50. The van der Waals surface area contributed by atoms with E-state index in [1.807, 2.05) is 49.7 Å². The third-order valence-electron chi connectivity index (χ3n) is 3.96. The molecule has 146 valence electrons. The number of hydrogen-bond acceptors (Lipinski definition) is 6. The molecule has 0 aliphatic carbocycles. The molecule has 9 heteroatoms. The van der Waals surface area contributed by atoms with E-state index in [1.54, 1.807) is 12.1 Å². The molecule has 0 spiro atoms.